The topological polar surface area (TPSA) is 71.1 Å². The van der Waals surface area contributed by atoms with Crippen LogP contribution in [0.3, 0.4) is 0 Å². The molecule has 0 heterocycles. The van der Waals surface area contributed by atoms with Crippen molar-refractivity contribution in [1.29, 1.82) is 0 Å². The summed E-state index contributed by atoms with van der Waals surface area (Å²) in [5, 5.41) is 4.25. The molecule has 0 saturated heterocycles. The van der Waals surface area contributed by atoms with Gasteiger partial charge in [0.05, 0.1) is 17.2 Å². The van der Waals surface area contributed by atoms with E-state index in [0.29, 0.717) is 5.56 Å². The summed E-state index contributed by atoms with van der Waals surface area (Å²) in [5.41, 5.74) is 2.17. The fraction of sp³-hybridized carbons (Fsp3) is 0.714. The summed E-state index contributed by atoms with van der Waals surface area (Å²) in [4.78, 5) is 32.1. The third-order valence-electron chi connectivity index (χ3n) is 5.89. The molecule has 0 bridgehead atoms. The number of hydrogen-bond acceptors (Lipinski definition) is 6. The fourth-order valence-corrected chi connectivity index (χ4v) is 4.05. The Morgan fingerprint density at radius 2 is 1.06 bits per heavy atom. The number of rotatable bonds is 20. The standard InChI is InChI=1S/C28H46O6/c1-4-5-6-7-8-9-10-11-12-13-14-15-16-17-18-19-20-31-28(30)33-34-32-27(29)26-22-24(2)21-25(3)23-26/h21-23H,4-20H2,1-3H3. The minimum atomic E-state index is -1.02. The molecule has 0 aliphatic rings. The van der Waals surface area contributed by atoms with E-state index in [1.165, 1.54) is 83.5 Å². The first-order chi connectivity index (χ1) is 16.5. The third-order valence-corrected chi connectivity index (χ3v) is 5.89. The van der Waals surface area contributed by atoms with Crippen molar-refractivity contribution in [2.45, 2.75) is 124 Å². The lowest BCUT2D eigenvalue weighted by atomic mass is 10.0. The minimum absolute atomic E-state index is 0.256. The molecule has 34 heavy (non-hydrogen) atoms. The number of aryl methyl sites for hydroxylation is 2. The van der Waals surface area contributed by atoms with Gasteiger partial charge in [-0.2, -0.15) is 0 Å². The molecular weight excluding hydrogens is 432 g/mol. The van der Waals surface area contributed by atoms with Crippen molar-refractivity contribution in [2.24, 2.45) is 0 Å². The van der Waals surface area contributed by atoms with Crippen molar-refractivity contribution >= 4 is 12.1 Å². The molecule has 0 unspecified atom stereocenters. The average molecular weight is 479 g/mol. The van der Waals surface area contributed by atoms with Gasteiger partial charge in [-0.1, -0.05) is 120 Å². The van der Waals surface area contributed by atoms with Crippen LogP contribution in [0.1, 0.15) is 131 Å². The maximum Gasteiger partial charge on any atom is 0.543 e. The monoisotopic (exact) mass is 478 g/mol. The summed E-state index contributed by atoms with van der Waals surface area (Å²) in [6.07, 6.45) is 19.6. The van der Waals surface area contributed by atoms with Crippen LogP contribution in [0, 0.1) is 13.8 Å². The third kappa shape index (κ3) is 16.5. The summed E-state index contributed by atoms with van der Waals surface area (Å²) in [7, 11) is 0. The van der Waals surface area contributed by atoms with Crippen LogP contribution in [0.4, 0.5) is 4.79 Å². The number of hydrogen-bond donors (Lipinski definition) is 0. The van der Waals surface area contributed by atoms with Crippen LogP contribution in [-0.2, 0) is 19.6 Å². The van der Waals surface area contributed by atoms with Gasteiger partial charge in [-0.3, -0.25) is 4.89 Å². The lowest BCUT2D eigenvalue weighted by Crippen LogP contribution is -2.13. The molecule has 0 spiro atoms. The van der Waals surface area contributed by atoms with Crippen molar-refractivity contribution in [3.63, 3.8) is 0 Å². The number of unbranched alkanes of at least 4 members (excludes halogenated alkanes) is 15. The number of carbonyl (C=O) groups excluding carboxylic acids is 2. The predicted octanol–water partition coefficient (Wildman–Crippen LogP) is 8.72. The first-order valence-corrected chi connectivity index (χ1v) is 13.3. The molecule has 0 aliphatic heterocycles. The first kappa shape index (κ1) is 30.0. The molecule has 194 valence electrons. The van der Waals surface area contributed by atoms with Gasteiger partial charge in [0.15, 0.2) is 0 Å². The Labute approximate surface area is 206 Å². The number of carbonyl (C=O) groups is 2. The maximum absolute atomic E-state index is 11.9. The molecule has 0 atom stereocenters. The molecule has 0 fully saturated rings. The second-order valence-electron chi connectivity index (χ2n) is 9.30. The van der Waals surface area contributed by atoms with Crippen molar-refractivity contribution < 1.29 is 29.1 Å². The first-order valence-electron chi connectivity index (χ1n) is 13.3. The molecule has 1 aromatic rings. The summed E-state index contributed by atoms with van der Waals surface area (Å²) in [5.74, 6) is -0.739. The van der Waals surface area contributed by atoms with Gasteiger partial charge >= 0.3 is 12.1 Å². The van der Waals surface area contributed by atoms with Crippen molar-refractivity contribution in [3.05, 3.63) is 34.9 Å². The Bertz CT molecular complexity index is 653. The normalized spacial score (nSPS) is 10.8. The Morgan fingerprint density at radius 3 is 1.53 bits per heavy atom. The van der Waals surface area contributed by atoms with Crippen LogP contribution in [0.25, 0.3) is 0 Å². The molecule has 0 aliphatic carbocycles. The van der Waals surface area contributed by atoms with E-state index in [2.05, 4.69) is 21.7 Å². The van der Waals surface area contributed by atoms with Gasteiger partial charge < -0.3 is 4.74 Å². The van der Waals surface area contributed by atoms with Gasteiger partial charge in [-0.05, 0) is 32.4 Å². The minimum Gasteiger partial charge on any atom is -0.432 e. The lowest BCUT2D eigenvalue weighted by Gasteiger charge is -2.05. The van der Waals surface area contributed by atoms with Crippen LogP contribution in [0.2, 0.25) is 0 Å². The zero-order chi connectivity index (χ0) is 24.9. The highest BCUT2D eigenvalue weighted by molar-refractivity contribution is 5.89. The van der Waals surface area contributed by atoms with Gasteiger partial charge in [0.1, 0.15) is 0 Å². The van der Waals surface area contributed by atoms with Crippen LogP contribution >= 0.6 is 0 Å². The quantitative estimate of drug-likeness (QED) is 0.0807. The smallest absolute Gasteiger partial charge is 0.432 e. The highest BCUT2D eigenvalue weighted by Crippen LogP contribution is 2.14. The second-order valence-corrected chi connectivity index (χ2v) is 9.30. The highest BCUT2D eigenvalue weighted by atomic mass is 17.5. The predicted molar refractivity (Wildman–Crippen MR) is 134 cm³/mol. The Morgan fingerprint density at radius 1 is 0.618 bits per heavy atom. The summed E-state index contributed by atoms with van der Waals surface area (Å²) in [6.45, 7) is 6.27. The van der Waals surface area contributed by atoms with E-state index in [-0.39, 0.29) is 6.61 Å². The second kappa shape index (κ2) is 20.3. The van der Waals surface area contributed by atoms with E-state index in [0.717, 1.165) is 30.4 Å². The van der Waals surface area contributed by atoms with Crippen molar-refractivity contribution in [1.82, 2.24) is 0 Å². The molecule has 0 amide bonds. The molecule has 1 aromatic carbocycles. The maximum atomic E-state index is 11.9. The molecule has 0 radical (unpaired) electrons. The van der Waals surface area contributed by atoms with Gasteiger partial charge in [0, 0.05) is 0 Å². The van der Waals surface area contributed by atoms with Gasteiger partial charge in [0.2, 0.25) is 0 Å². The number of ether oxygens (including phenoxy) is 1. The van der Waals surface area contributed by atoms with Crippen molar-refractivity contribution in [2.75, 3.05) is 6.61 Å². The Hall–Kier alpha value is -2.08. The van der Waals surface area contributed by atoms with E-state index in [1.54, 1.807) is 12.1 Å². The van der Waals surface area contributed by atoms with Crippen LogP contribution in [0.15, 0.2) is 18.2 Å². The summed E-state index contributed by atoms with van der Waals surface area (Å²) < 4.78 is 4.91. The van der Waals surface area contributed by atoms with Gasteiger partial charge in [0.25, 0.3) is 0 Å². The zero-order valence-corrected chi connectivity index (χ0v) is 21.7. The molecule has 1 rings (SSSR count). The van der Waals surface area contributed by atoms with E-state index >= 15 is 0 Å². The van der Waals surface area contributed by atoms with Crippen LogP contribution in [-0.4, -0.2) is 18.7 Å². The summed E-state index contributed by atoms with van der Waals surface area (Å²) >= 11 is 0. The fourth-order valence-electron chi connectivity index (χ4n) is 4.05. The van der Waals surface area contributed by atoms with E-state index in [1.807, 2.05) is 19.9 Å². The molecule has 0 saturated carbocycles. The molecule has 0 N–H and O–H groups in total. The highest BCUT2D eigenvalue weighted by Gasteiger charge is 2.12. The summed E-state index contributed by atoms with van der Waals surface area (Å²) in [6, 6.07) is 5.26. The Balaban J connectivity index is 1.85. The van der Waals surface area contributed by atoms with E-state index < -0.39 is 12.1 Å². The largest absolute Gasteiger partial charge is 0.543 e. The van der Waals surface area contributed by atoms with Gasteiger partial charge in [-0.15, -0.1) is 0 Å². The van der Waals surface area contributed by atoms with Crippen molar-refractivity contribution in [3.8, 4) is 0 Å². The Kier molecular flexibility index (Phi) is 17.9. The lowest BCUT2D eigenvalue weighted by molar-refractivity contribution is -0.452. The SMILES string of the molecule is CCCCCCCCCCCCCCCCCCOC(=O)OOOC(=O)c1cc(C)cc(C)c1. The van der Waals surface area contributed by atoms with Crippen LogP contribution in [0.5, 0.6) is 0 Å². The molecular formula is C28H46O6. The van der Waals surface area contributed by atoms with Gasteiger partial charge in [-0.25, -0.2) is 14.5 Å². The molecule has 0 aromatic heterocycles. The average Bonchev–Trinajstić information content (AvgIpc) is 2.80. The van der Waals surface area contributed by atoms with Crippen LogP contribution < -0.4 is 0 Å². The van der Waals surface area contributed by atoms with E-state index in [9.17, 15) is 9.59 Å². The zero-order valence-electron chi connectivity index (χ0n) is 21.7. The number of benzene rings is 1. The van der Waals surface area contributed by atoms with E-state index in [4.69, 9.17) is 4.74 Å². The molecule has 6 nitrogen and oxygen atoms in total. The molecule has 6 heteroatoms.